The van der Waals surface area contributed by atoms with Crippen molar-refractivity contribution >= 4 is 64.5 Å². The van der Waals surface area contributed by atoms with Crippen molar-refractivity contribution in [1.29, 1.82) is 0 Å². The van der Waals surface area contributed by atoms with E-state index in [0.717, 1.165) is 16.1 Å². The topological polar surface area (TPSA) is 85.8 Å². The summed E-state index contributed by atoms with van der Waals surface area (Å²) >= 11 is 7.29. The first-order chi connectivity index (χ1) is 13.9. The molecule has 0 saturated heterocycles. The number of guanidine groups is 1. The van der Waals surface area contributed by atoms with E-state index in [1.54, 1.807) is 6.07 Å². The Labute approximate surface area is 204 Å². The van der Waals surface area contributed by atoms with Gasteiger partial charge in [-0.25, -0.2) is 4.99 Å². The maximum absolute atomic E-state index is 12.0. The number of rotatable bonds is 9. The first kappa shape index (κ1) is 26.7. The Morgan fingerprint density at radius 2 is 2.00 bits per heavy atom. The van der Waals surface area contributed by atoms with Crippen LogP contribution in [0.25, 0.3) is 0 Å². The van der Waals surface area contributed by atoms with Gasteiger partial charge in [0.05, 0.1) is 10.9 Å². The van der Waals surface area contributed by atoms with E-state index >= 15 is 0 Å². The average Bonchev–Trinajstić information content (AvgIpc) is 3.10. The molecule has 1 atom stereocenters. The molecule has 0 aliphatic carbocycles. The van der Waals surface area contributed by atoms with Gasteiger partial charge in [0.15, 0.2) is 5.96 Å². The van der Waals surface area contributed by atoms with Gasteiger partial charge in [-0.05, 0) is 42.7 Å². The largest absolute Gasteiger partial charge is 0.386 e. The normalized spacial score (nSPS) is 12.3. The zero-order valence-corrected chi connectivity index (χ0v) is 21.3. The van der Waals surface area contributed by atoms with Crippen molar-refractivity contribution in [3.05, 3.63) is 51.2 Å². The fourth-order valence-electron chi connectivity index (χ4n) is 2.64. The zero-order valence-electron chi connectivity index (χ0n) is 17.4. The Kier molecular flexibility index (Phi) is 12.3. The van der Waals surface area contributed by atoms with Gasteiger partial charge in [-0.1, -0.05) is 37.6 Å². The lowest BCUT2D eigenvalue weighted by Gasteiger charge is -2.14. The highest BCUT2D eigenvalue weighted by Crippen LogP contribution is 2.26. The van der Waals surface area contributed by atoms with Gasteiger partial charge in [0, 0.05) is 30.1 Å². The highest BCUT2D eigenvalue weighted by atomic mass is 127. The Bertz CT molecular complexity index is 829. The number of thiophene rings is 1. The van der Waals surface area contributed by atoms with Crippen LogP contribution < -0.4 is 16.0 Å². The predicted octanol–water partition coefficient (Wildman–Crippen LogP) is 4.79. The molecule has 0 saturated carbocycles. The lowest BCUT2D eigenvalue weighted by atomic mass is 10.1. The zero-order chi connectivity index (χ0) is 21.2. The molecular weight excluding hydrogens is 535 g/mol. The number of carbonyl (C=O) groups excluding carboxylic acids is 1. The quantitative estimate of drug-likeness (QED) is 0.200. The Morgan fingerprint density at radius 3 is 2.63 bits per heavy atom. The highest BCUT2D eigenvalue weighted by Gasteiger charge is 2.11. The van der Waals surface area contributed by atoms with Crippen LogP contribution in [0.3, 0.4) is 0 Å². The molecule has 1 amide bonds. The van der Waals surface area contributed by atoms with Gasteiger partial charge >= 0.3 is 0 Å². The molecule has 30 heavy (non-hydrogen) atoms. The van der Waals surface area contributed by atoms with E-state index in [0.29, 0.717) is 42.3 Å². The maximum atomic E-state index is 12.0. The summed E-state index contributed by atoms with van der Waals surface area (Å²) in [7, 11) is 0. The van der Waals surface area contributed by atoms with E-state index in [-0.39, 0.29) is 29.9 Å². The third-order valence-corrected chi connectivity index (χ3v) is 5.29. The van der Waals surface area contributed by atoms with Crippen molar-refractivity contribution in [2.24, 2.45) is 10.9 Å². The van der Waals surface area contributed by atoms with E-state index in [4.69, 9.17) is 11.6 Å². The second-order valence-corrected chi connectivity index (χ2v) is 8.83. The first-order valence-electron chi connectivity index (χ1n) is 9.71. The molecule has 1 aromatic heterocycles. The summed E-state index contributed by atoms with van der Waals surface area (Å²) in [6.45, 7) is 7.50. The van der Waals surface area contributed by atoms with Gasteiger partial charge in [0.1, 0.15) is 6.10 Å². The number of aliphatic imine (C=N–C) groups is 1. The number of aliphatic hydroxyl groups is 1. The summed E-state index contributed by atoms with van der Waals surface area (Å²) in [5, 5.41) is 19.5. The molecule has 9 heteroatoms. The summed E-state index contributed by atoms with van der Waals surface area (Å²) in [4.78, 5) is 17.3. The van der Waals surface area contributed by atoms with Crippen molar-refractivity contribution in [2.45, 2.75) is 39.8 Å². The molecule has 4 N–H and O–H groups in total. The second-order valence-electron chi connectivity index (χ2n) is 7.08. The van der Waals surface area contributed by atoms with E-state index in [9.17, 15) is 9.90 Å². The minimum atomic E-state index is -0.657. The Hall–Kier alpha value is -1.36. The molecule has 0 radical (unpaired) electrons. The van der Waals surface area contributed by atoms with Crippen LogP contribution in [-0.2, 0) is 11.3 Å². The van der Waals surface area contributed by atoms with Gasteiger partial charge in [0.25, 0.3) is 0 Å². The average molecular weight is 565 g/mol. The number of hydrogen-bond donors (Lipinski definition) is 4. The molecule has 1 unspecified atom stereocenters. The minimum absolute atomic E-state index is 0. The van der Waals surface area contributed by atoms with Crippen LogP contribution in [0.2, 0.25) is 4.34 Å². The summed E-state index contributed by atoms with van der Waals surface area (Å²) in [6.07, 6.45) is -0.162. The van der Waals surface area contributed by atoms with Crippen LogP contribution in [0, 0.1) is 5.92 Å². The molecule has 6 nitrogen and oxygen atoms in total. The number of halogens is 2. The van der Waals surface area contributed by atoms with Crippen LogP contribution in [0.1, 0.15) is 43.7 Å². The summed E-state index contributed by atoms with van der Waals surface area (Å²) < 4.78 is 0.653. The van der Waals surface area contributed by atoms with E-state index < -0.39 is 6.10 Å². The molecule has 2 aromatic rings. The van der Waals surface area contributed by atoms with E-state index in [2.05, 4.69) is 20.9 Å². The lowest BCUT2D eigenvalue weighted by molar-refractivity contribution is -0.116. The van der Waals surface area contributed by atoms with Crippen LogP contribution in [0.15, 0.2) is 41.4 Å². The molecule has 0 fully saturated rings. The monoisotopic (exact) mass is 564 g/mol. The van der Waals surface area contributed by atoms with E-state index in [1.165, 1.54) is 11.3 Å². The highest BCUT2D eigenvalue weighted by molar-refractivity contribution is 14.0. The third kappa shape index (κ3) is 9.63. The van der Waals surface area contributed by atoms with Crippen molar-refractivity contribution in [3.63, 3.8) is 0 Å². The van der Waals surface area contributed by atoms with E-state index in [1.807, 2.05) is 51.1 Å². The number of amides is 1. The van der Waals surface area contributed by atoms with Gasteiger partial charge in [0.2, 0.25) is 5.91 Å². The molecular formula is C21H30ClIN4O2S. The minimum Gasteiger partial charge on any atom is -0.386 e. The van der Waals surface area contributed by atoms with Crippen molar-refractivity contribution < 1.29 is 9.90 Å². The maximum Gasteiger partial charge on any atom is 0.224 e. The predicted molar refractivity (Wildman–Crippen MR) is 137 cm³/mol. The second kappa shape index (κ2) is 13.8. The van der Waals surface area contributed by atoms with Crippen LogP contribution in [0.5, 0.6) is 0 Å². The number of benzene rings is 1. The number of nitrogens with one attached hydrogen (secondary N) is 3. The molecule has 1 aromatic carbocycles. The Morgan fingerprint density at radius 1 is 1.23 bits per heavy atom. The summed E-state index contributed by atoms with van der Waals surface area (Å²) in [5.41, 5.74) is 1.75. The molecule has 0 bridgehead atoms. The number of aliphatic hydroxyl groups excluding tert-OH is 1. The van der Waals surface area contributed by atoms with Crippen LogP contribution >= 0.6 is 46.9 Å². The molecule has 2 rings (SSSR count). The van der Waals surface area contributed by atoms with Crippen LogP contribution in [-0.4, -0.2) is 30.1 Å². The van der Waals surface area contributed by atoms with Gasteiger partial charge < -0.3 is 21.1 Å². The first-order valence-corrected chi connectivity index (χ1v) is 10.9. The molecule has 0 aliphatic heterocycles. The van der Waals surface area contributed by atoms with Crippen molar-refractivity contribution in [3.8, 4) is 0 Å². The molecule has 0 aliphatic rings. The lowest BCUT2D eigenvalue weighted by Crippen LogP contribution is -2.39. The Balaban J connectivity index is 0.00000450. The standard InChI is InChI=1S/C21H29ClN4O2S.HI/c1-4-23-21(25-13-17(27)18-8-9-19(22)29-18)24-12-15-6-5-7-16(11-15)26-20(28)10-14(2)3;/h5-9,11,14,17,27H,4,10,12-13H2,1-3H3,(H,26,28)(H2,23,24,25);1H. The van der Waals surface area contributed by atoms with Crippen molar-refractivity contribution in [1.82, 2.24) is 10.6 Å². The third-order valence-electron chi connectivity index (χ3n) is 3.95. The number of nitrogens with zero attached hydrogens (tertiary/aromatic N) is 1. The number of anilines is 1. The smallest absolute Gasteiger partial charge is 0.224 e. The molecule has 1 heterocycles. The fraction of sp³-hybridized carbons (Fsp3) is 0.429. The van der Waals surface area contributed by atoms with Gasteiger partial charge in [-0.3, -0.25) is 4.79 Å². The molecule has 0 spiro atoms. The van der Waals surface area contributed by atoms with Gasteiger partial charge in [-0.2, -0.15) is 0 Å². The SMILES string of the molecule is CCNC(=NCc1cccc(NC(=O)CC(C)C)c1)NCC(O)c1ccc(Cl)s1.I. The van der Waals surface area contributed by atoms with Crippen LogP contribution in [0.4, 0.5) is 5.69 Å². The summed E-state index contributed by atoms with van der Waals surface area (Å²) in [6, 6.07) is 11.3. The van der Waals surface area contributed by atoms with Gasteiger partial charge in [-0.15, -0.1) is 35.3 Å². The molecule has 166 valence electrons. The van der Waals surface area contributed by atoms with Crippen molar-refractivity contribution in [2.75, 3.05) is 18.4 Å². The fourth-order valence-corrected chi connectivity index (χ4v) is 3.69. The number of carbonyl (C=O) groups is 1. The number of hydrogen-bond acceptors (Lipinski definition) is 4. The summed E-state index contributed by atoms with van der Waals surface area (Å²) in [5.74, 6) is 0.943.